The van der Waals surface area contributed by atoms with Crippen LogP contribution in [0.2, 0.25) is 10.0 Å². The van der Waals surface area contributed by atoms with E-state index < -0.39 is 10.0 Å². The van der Waals surface area contributed by atoms with Gasteiger partial charge in [0.15, 0.2) is 5.13 Å². The molecule has 1 heterocycles. The number of nitrogens with one attached hydrogen (secondary N) is 1. The van der Waals surface area contributed by atoms with Gasteiger partial charge in [-0.1, -0.05) is 23.2 Å². The summed E-state index contributed by atoms with van der Waals surface area (Å²) in [6, 6.07) is 4.11. The van der Waals surface area contributed by atoms with E-state index in [9.17, 15) is 8.42 Å². The third-order valence-electron chi connectivity index (χ3n) is 1.80. The molecule has 0 unspecified atom stereocenters. The average Bonchev–Trinajstić information content (AvgIpc) is 2.68. The SMILES string of the molecule is O=S(=O)(Nc1nccs1)c1cc(Cl)cc(Cl)c1. The number of aromatic nitrogens is 1. The molecule has 0 amide bonds. The number of hydrogen-bond donors (Lipinski definition) is 1. The Balaban J connectivity index is 2.38. The molecule has 17 heavy (non-hydrogen) atoms. The standard InChI is InChI=1S/C9H6Cl2N2O2S2/c10-6-3-7(11)5-8(4-6)17(14,15)13-9-12-1-2-16-9/h1-5H,(H,12,13). The molecule has 8 heteroatoms. The normalized spacial score (nSPS) is 11.4. The van der Waals surface area contributed by atoms with Crippen LogP contribution in [0, 0.1) is 0 Å². The van der Waals surface area contributed by atoms with Crippen molar-refractivity contribution in [1.82, 2.24) is 4.98 Å². The first-order chi connectivity index (χ1) is 7.97. The fourth-order valence-corrected chi connectivity index (χ4v) is 3.65. The number of anilines is 1. The molecule has 0 saturated carbocycles. The van der Waals surface area contributed by atoms with Crippen LogP contribution in [-0.2, 0) is 10.0 Å². The quantitative estimate of drug-likeness (QED) is 0.947. The van der Waals surface area contributed by atoms with Crippen LogP contribution in [0.5, 0.6) is 0 Å². The van der Waals surface area contributed by atoms with Gasteiger partial charge in [-0.3, -0.25) is 4.72 Å². The van der Waals surface area contributed by atoms with Gasteiger partial charge in [-0.05, 0) is 18.2 Å². The Labute approximate surface area is 112 Å². The fraction of sp³-hybridized carbons (Fsp3) is 0. The van der Waals surface area contributed by atoms with Crippen molar-refractivity contribution in [2.45, 2.75) is 4.90 Å². The molecule has 4 nitrogen and oxygen atoms in total. The maximum absolute atomic E-state index is 11.9. The monoisotopic (exact) mass is 308 g/mol. The first-order valence-corrected chi connectivity index (χ1v) is 7.48. The third kappa shape index (κ3) is 3.10. The van der Waals surface area contributed by atoms with E-state index in [0.29, 0.717) is 5.13 Å². The Kier molecular flexibility index (Phi) is 3.58. The third-order valence-corrected chi connectivity index (χ3v) is 4.37. The van der Waals surface area contributed by atoms with Gasteiger partial charge in [-0.25, -0.2) is 13.4 Å². The Bertz CT molecular complexity index is 606. The van der Waals surface area contributed by atoms with Crippen molar-refractivity contribution in [2.75, 3.05) is 4.72 Å². The van der Waals surface area contributed by atoms with Crippen LogP contribution in [0.15, 0.2) is 34.7 Å². The molecule has 1 N–H and O–H groups in total. The molecule has 1 aromatic heterocycles. The Morgan fingerprint density at radius 3 is 2.35 bits per heavy atom. The number of sulfonamides is 1. The highest BCUT2D eigenvalue weighted by atomic mass is 35.5. The highest BCUT2D eigenvalue weighted by Crippen LogP contribution is 2.24. The smallest absolute Gasteiger partial charge is 0.255 e. The second-order valence-electron chi connectivity index (χ2n) is 3.05. The van der Waals surface area contributed by atoms with Gasteiger partial charge in [0.25, 0.3) is 10.0 Å². The number of thiazole rings is 1. The van der Waals surface area contributed by atoms with Gasteiger partial charge in [0.2, 0.25) is 0 Å². The molecule has 0 aliphatic carbocycles. The number of rotatable bonds is 3. The molecule has 0 spiro atoms. The first-order valence-electron chi connectivity index (χ1n) is 4.36. The lowest BCUT2D eigenvalue weighted by Gasteiger charge is -2.05. The number of halogens is 2. The molecular weight excluding hydrogens is 303 g/mol. The van der Waals surface area contributed by atoms with Gasteiger partial charge in [-0.2, -0.15) is 0 Å². The lowest BCUT2D eigenvalue weighted by Crippen LogP contribution is -2.12. The number of nitrogens with zero attached hydrogens (tertiary/aromatic N) is 1. The van der Waals surface area contributed by atoms with Gasteiger partial charge >= 0.3 is 0 Å². The van der Waals surface area contributed by atoms with Gasteiger partial charge in [-0.15, -0.1) is 11.3 Å². The summed E-state index contributed by atoms with van der Waals surface area (Å²) in [5.74, 6) is 0. The average molecular weight is 309 g/mol. The molecule has 2 rings (SSSR count). The van der Waals surface area contributed by atoms with Crippen LogP contribution in [0.1, 0.15) is 0 Å². The number of hydrogen-bond acceptors (Lipinski definition) is 4. The van der Waals surface area contributed by atoms with Crippen LogP contribution in [0.4, 0.5) is 5.13 Å². The Morgan fingerprint density at radius 1 is 1.18 bits per heavy atom. The fourth-order valence-electron chi connectivity index (χ4n) is 1.13. The minimum absolute atomic E-state index is 0.00481. The van der Waals surface area contributed by atoms with E-state index >= 15 is 0 Å². The van der Waals surface area contributed by atoms with E-state index in [4.69, 9.17) is 23.2 Å². The lowest BCUT2D eigenvalue weighted by atomic mass is 10.4. The molecule has 0 bridgehead atoms. The molecule has 1 aromatic carbocycles. The van der Waals surface area contributed by atoms with Gasteiger partial charge in [0.05, 0.1) is 4.90 Å². The summed E-state index contributed by atoms with van der Waals surface area (Å²) in [6.07, 6.45) is 1.51. The van der Waals surface area contributed by atoms with Crippen LogP contribution < -0.4 is 4.72 Å². The summed E-state index contributed by atoms with van der Waals surface area (Å²) in [5, 5.41) is 2.48. The molecule has 0 fully saturated rings. The van der Waals surface area contributed by atoms with E-state index in [2.05, 4.69) is 9.71 Å². The van der Waals surface area contributed by atoms with Gasteiger partial charge < -0.3 is 0 Å². The highest BCUT2D eigenvalue weighted by molar-refractivity contribution is 7.93. The Hall–Kier alpha value is -0.820. The van der Waals surface area contributed by atoms with Crippen molar-refractivity contribution in [3.05, 3.63) is 39.8 Å². The van der Waals surface area contributed by atoms with E-state index in [-0.39, 0.29) is 14.9 Å². The maximum atomic E-state index is 11.9. The van der Waals surface area contributed by atoms with E-state index in [1.165, 1.54) is 35.7 Å². The van der Waals surface area contributed by atoms with Crippen molar-refractivity contribution in [3.63, 3.8) is 0 Å². The zero-order valence-electron chi connectivity index (χ0n) is 8.22. The molecule has 0 radical (unpaired) electrons. The maximum Gasteiger partial charge on any atom is 0.263 e. The predicted octanol–water partition coefficient (Wildman–Crippen LogP) is 3.25. The molecule has 0 atom stereocenters. The molecule has 90 valence electrons. The predicted molar refractivity (Wildman–Crippen MR) is 69.4 cm³/mol. The zero-order valence-corrected chi connectivity index (χ0v) is 11.4. The minimum Gasteiger partial charge on any atom is -0.255 e. The topological polar surface area (TPSA) is 59.1 Å². The van der Waals surface area contributed by atoms with Crippen molar-refractivity contribution >= 4 is 49.7 Å². The lowest BCUT2D eigenvalue weighted by molar-refractivity contribution is 0.601. The van der Waals surface area contributed by atoms with Crippen LogP contribution in [-0.4, -0.2) is 13.4 Å². The first kappa shape index (κ1) is 12.6. The summed E-state index contributed by atoms with van der Waals surface area (Å²) in [6.45, 7) is 0. The highest BCUT2D eigenvalue weighted by Gasteiger charge is 2.16. The number of benzene rings is 1. The van der Waals surface area contributed by atoms with Crippen molar-refractivity contribution in [3.8, 4) is 0 Å². The van der Waals surface area contributed by atoms with E-state index in [1.807, 2.05) is 0 Å². The molecule has 0 aliphatic rings. The van der Waals surface area contributed by atoms with Gasteiger partial charge in [0, 0.05) is 21.6 Å². The summed E-state index contributed by atoms with van der Waals surface area (Å²) in [7, 11) is -3.70. The molecule has 0 aliphatic heterocycles. The Morgan fingerprint density at radius 2 is 1.82 bits per heavy atom. The molecule has 2 aromatic rings. The van der Waals surface area contributed by atoms with Crippen molar-refractivity contribution < 1.29 is 8.42 Å². The van der Waals surface area contributed by atoms with E-state index in [1.54, 1.807) is 5.38 Å². The largest absolute Gasteiger partial charge is 0.263 e. The zero-order chi connectivity index (χ0) is 12.5. The van der Waals surface area contributed by atoms with Gasteiger partial charge in [0.1, 0.15) is 0 Å². The minimum atomic E-state index is -3.70. The molecule has 0 saturated heterocycles. The van der Waals surface area contributed by atoms with Crippen molar-refractivity contribution in [2.24, 2.45) is 0 Å². The molecular formula is C9H6Cl2N2O2S2. The van der Waals surface area contributed by atoms with E-state index in [0.717, 1.165) is 0 Å². The van der Waals surface area contributed by atoms with Crippen molar-refractivity contribution in [1.29, 1.82) is 0 Å². The summed E-state index contributed by atoms with van der Waals surface area (Å²) in [4.78, 5) is 3.84. The van der Waals surface area contributed by atoms with Crippen LogP contribution in [0.25, 0.3) is 0 Å². The second-order valence-corrected chi connectivity index (χ2v) is 6.50. The summed E-state index contributed by atoms with van der Waals surface area (Å²) >= 11 is 12.7. The second kappa shape index (κ2) is 4.81. The van der Waals surface area contributed by atoms with Crippen LogP contribution >= 0.6 is 34.5 Å². The summed E-state index contributed by atoms with van der Waals surface area (Å²) in [5.41, 5.74) is 0. The summed E-state index contributed by atoms with van der Waals surface area (Å²) < 4.78 is 26.2. The van der Waals surface area contributed by atoms with Crippen LogP contribution in [0.3, 0.4) is 0 Å².